The van der Waals surface area contributed by atoms with E-state index < -0.39 is 23.6 Å². The molecule has 7 nitrogen and oxygen atoms in total. The number of likely N-dealkylation sites (N-methyl/N-ethyl adjacent to an activating group) is 1. The molecule has 0 bridgehead atoms. The fourth-order valence-corrected chi connectivity index (χ4v) is 4.16. The fourth-order valence-electron chi connectivity index (χ4n) is 4.16. The van der Waals surface area contributed by atoms with Crippen LogP contribution in [0.3, 0.4) is 0 Å². The van der Waals surface area contributed by atoms with Crippen LogP contribution < -0.4 is 14.8 Å². The van der Waals surface area contributed by atoms with Crippen LogP contribution in [0.4, 0.5) is 4.79 Å². The minimum Gasteiger partial charge on any atom is -0.497 e. The van der Waals surface area contributed by atoms with Crippen molar-refractivity contribution in [2.75, 3.05) is 14.2 Å². The van der Waals surface area contributed by atoms with Gasteiger partial charge in [0.1, 0.15) is 18.1 Å². The molecule has 164 valence electrons. The van der Waals surface area contributed by atoms with Crippen LogP contribution in [-0.2, 0) is 16.9 Å². The number of carbonyl (C=O) groups excluding carboxylic acids is 1. The molecule has 1 saturated heterocycles. The fraction of sp³-hybridized carbons (Fsp3) is 0.200. The first kappa shape index (κ1) is 21.2. The van der Waals surface area contributed by atoms with Gasteiger partial charge in [-0.15, -0.1) is 0 Å². The second-order valence-electron chi connectivity index (χ2n) is 7.56. The van der Waals surface area contributed by atoms with Crippen LogP contribution in [0.5, 0.6) is 11.5 Å². The molecular weight excluding hydrogens is 408 g/mol. The Labute approximate surface area is 186 Å². The average molecular weight is 432 g/mol. The Morgan fingerprint density at radius 3 is 2.34 bits per heavy atom. The van der Waals surface area contributed by atoms with Crippen molar-refractivity contribution in [3.63, 3.8) is 0 Å². The minimum absolute atomic E-state index is 0.281. The lowest BCUT2D eigenvalue weighted by Crippen LogP contribution is -2.50. The van der Waals surface area contributed by atoms with Gasteiger partial charge in [-0.1, -0.05) is 60.7 Å². The number of ether oxygens (including phenoxy) is 2. The van der Waals surface area contributed by atoms with Gasteiger partial charge in [-0.25, -0.2) is 9.59 Å². The summed E-state index contributed by atoms with van der Waals surface area (Å²) in [4.78, 5) is 26.8. The van der Waals surface area contributed by atoms with Crippen molar-refractivity contribution in [1.82, 2.24) is 10.2 Å². The Hall–Kier alpha value is -4.00. The first-order valence-corrected chi connectivity index (χ1v) is 10.2. The molecule has 1 aliphatic heterocycles. The average Bonchev–Trinajstić information content (AvgIpc) is 3.10. The van der Waals surface area contributed by atoms with Crippen molar-refractivity contribution in [3.8, 4) is 11.5 Å². The van der Waals surface area contributed by atoms with Gasteiger partial charge in [-0.05, 0) is 23.3 Å². The van der Waals surface area contributed by atoms with Crippen LogP contribution in [0.1, 0.15) is 22.7 Å². The molecule has 1 aliphatic rings. The Balaban J connectivity index is 1.83. The van der Waals surface area contributed by atoms with Crippen molar-refractivity contribution in [3.05, 3.63) is 95.6 Å². The van der Waals surface area contributed by atoms with Crippen LogP contribution in [0.2, 0.25) is 0 Å². The molecule has 4 rings (SSSR count). The number of methoxy groups -OCH3 is 1. The molecule has 0 aromatic heterocycles. The van der Waals surface area contributed by atoms with Gasteiger partial charge < -0.3 is 24.8 Å². The highest BCUT2D eigenvalue weighted by molar-refractivity contribution is 5.93. The predicted octanol–water partition coefficient (Wildman–Crippen LogP) is 3.95. The molecule has 1 fully saturated rings. The highest BCUT2D eigenvalue weighted by Gasteiger charge is 2.59. The zero-order valence-electron chi connectivity index (χ0n) is 17.8. The number of hydrogen-bond donors (Lipinski definition) is 2. The van der Waals surface area contributed by atoms with Gasteiger partial charge in [0.05, 0.1) is 13.2 Å². The van der Waals surface area contributed by atoms with Crippen LogP contribution in [-0.4, -0.2) is 36.2 Å². The van der Waals surface area contributed by atoms with E-state index in [2.05, 4.69) is 5.32 Å². The molecule has 3 aromatic carbocycles. The van der Waals surface area contributed by atoms with E-state index in [-0.39, 0.29) is 6.61 Å². The maximum atomic E-state index is 12.8. The number of nitrogens with one attached hydrogen (secondary N) is 1. The molecule has 0 radical (unpaired) electrons. The molecule has 2 atom stereocenters. The standard InChI is InChI=1S/C25H24N2O5/c1-27-24(30)26-22(25(27,23(28)29)18-11-7-4-8-12-18)20-14-13-19(31-2)15-21(20)32-16-17-9-5-3-6-10-17/h3-15,22H,16H2,1-2H3,(H,26,30)(H,28,29)/t22-,25-/m1/s1. The van der Waals surface area contributed by atoms with Crippen molar-refractivity contribution in [2.24, 2.45) is 0 Å². The third-order valence-electron chi connectivity index (χ3n) is 5.83. The van der Waals surface area contributed by atoms with Gasteiger partial charge in [0.25, 0.3) is 0 Å². The number of urea groups is 1. The number of amides is 2. The summed E-state index contributed by atoms with van der Waals surface area (Å²) in [6.45, 7) is 0.281. The van der Waals surface area contributed by atoms with E-state index >= 15 is 0 Å². The van der Waals surface area contributed by atoms with E-state index in [1.165, 1.54) is 11.9 Å². The summed E-state index contributed by atoms with van der Waals surface area (Å²) in [5.74, 6) is -0.134. The number of carboxylic acid groups (broad SMARTS) is 1. The summed E-state index contributed by atoms with van der Waals surface area (Å²) < 4.78 is 11.5. The summed E-state index contributed by atoms with van der Waals surface area (Å²) in [6, 6.07) is 22.2. The van der Waals surface area contributed by atoms with Gasteiger partial charge in [0, 0.05) is 18.7 Å². The first-order valence-electron chi connectivity index (χ1n) is 10.2. The first-order chi connectivity index (χ1) is 15.5. The topological polar surface area (TPSA) is 88.1 Å². The van der Waals surface area contributed by atoms with Crippen molar-refractivity contribution in [2.45, 2.75) is 18.2 Å². The predicted molar refractivity (Wildman–Crippen MR) is 119 cm³/mol. The summed E-state index contributed by atoms with van der Waals surface area (Å²) in [5, 5.41) is 13.3. The summed E-state index contributed by atoms with van der Waals surface area (Å²) in [6.07, 6.45) is 0. The van der Waals surface area contributed by atoms with E-state index in [4.69, 9.17) is 9.47 Å². The van der Waals surface area contributed by atoms with E-state index in [9.17, 15) is 14.7 Å². The number of carbonyl (C=O) groups is 2. The lowest BCUT2D eigenvalue weighted by atomic mass is 9.79. The SMILES string of the molecule is COc1ccc([C@H]2NC(=O)N(C)[C@]2(C(=O)O)c2ccccc2)c(OCc2ccccc2)c1. The zero-order valence-corrected chi connectivity index (χ0v) is 17.8. The molecular formula is C25H24N2O5. The molecule has 0 aliphatic carbocycles. The van der Waals surface area contributed by atoms with E-state index in [1.807, 2.05) is 30.3 Å². The Morgan fingerprint density at radius 2 is 1.72 bits per heavy atom. The number of benzene rings is 3. The van der Waals surface area contributed by atoms with E-state index in [0.717, 1.165) is 5.56 Å². The number of nitrogens with zero attached hydrogens (tertiary/aromatic N) is 1. The van der Waals surface area contributed by atoms with Gasteiger partial charge in [0.2, 0.25) is 0 Å². The third-order valence-corrected chi connectivity index (χ3v) is 5.83. The quantitative estimate of drug-likeness (QED) is 0.590. The van der Waals surface area contributed by atoms with Gasteiger partial charge >= 0.3 is 12.0 Å². The number of carboxylic acids is 1. The number of aliphatic carboxylic acids is 1. The molecule has 1 heterocycles. The summed E-state index contributed by atoms with van der Waals surface area (Å²) in [5.41, 5.74) is 0.341. The molecule has 32 heavy (non-hydrogen) atoms. The zero-order chi connectivity index (χ0) is 22.7. The van der Waals surface area contributed by atoms with Gasteiger partial charge in [-0.3, -0.25) is 0 Å². The lowest BCUT2D eigenvalue weighted by molar-refractivity contribution is -0.149. The molecule has 0 saturated carbocycles. The van der Waals surface area contributed by atoms with Crippen molar-refractivity contribution in [1.29, 1.82) is 0 Å². The molecule has 7 heteroatoms. The molecule has 2 N–H and O–H groups in total. The van der Waals surface area contributed by atoms with Crippen LogP contribution in [0, 0.1) is 0 Å². The maximum absolute atomic E-state index is 12.8. The monoisotopic (exact) mass is 432 g/mol. The van der Waals surface area contributed by atoms with Crippen molar-refractivity contribution >= 4 is 12.0 Å². The minimum atomic E-state index is -1.65. The van der Waals surface area contributed by atoms with Crippen LogP contribution in [0.25, 0.3) is 0 Å². The summed E-state index contributed by atoms with van der Waals surface area (Å²) in [7, 11) is 3.04. The van der Waals surface area contributed by atoms with Crippen molar-refractivity contribution < 1.29 is 24.2 Å². The van der Waals surface area contributed by atoms with Gasteiger partial charge in [-0.2, -0.15) is 0 Å². The molecule has 0 spiro atoms. The smallest absolute Gasteiger partial charge is 0.336 e. The van der Waals surface area contributed by atoms with Crippen LogP contribution in [0.15, 0.2) is 78.9 Å². The Kier molecular flexibility index (Phi) is 5.73. The van der Waals surface area contributed by atoms with Crippen LogP contribution >= 0.6 is 0 Å². The highest BCUT2D eigenvalue weighted by atomic mass is 16.5. The number of rotatable bonds is 7. The maximum Gasteiger partial charge on any atom is 0.336 e. The lowest BCUT2D eigenvalue weighted by Gasteiger charge is -2.36. The Bertz CT molecular complexity index is 1120. The molecule has 2 amide bonds. The molecule has 3 aromatic rings. The molecule has 0 unspecified atom stereocenters. The van der Waals surface area contributed by atoms with E-state index in [1.54, 1.807) is 55.6 Å². The summed E-state index contributed by atoms with van der Waals surface area (Å²) >= 11 is 0. The second kappa shape index (κ2) is 8.63. The van der Waals surface area contributed by atoms with E-state index in [0.29, 0.717) is 22.6 Å². The Morgan fingerprint density at radius 1 is 1.06 bits per heavy atom. The second-order valence-corrected chi connectivity index (χ2v) is 7.56. The number of hydrogen-bond acceptors (Lipinski definition) is 4. The third kappa shape index (κ3) is 3.51. The largest absolute Gasteiger partial charge is 0.497 e. The highest BCUT2D eigenvalue weighted by Crippen LogP contribution is 2.47. The normalized spacial score (nSPS) is 20.0. The van der Waals surface area contributed by atoms with Gasteiger partial charge in [0.15, 0.2) is 5.54 Å².